The van der Waals surface area contributed by atoms with Gasteiger partial charge in [0, 0.05) is 30.7 Å². The van der Waals surface area contributed by atoms with E-state index in [0.717, 1.165) is 17.1 Å². The minimum atomic E-state index is -3.74. The molecule has 4 atom stereocenters. The van der Waals surface area contributed by atoms with Gasteiger partial charge in [0.05, 0.1) is 23.9 Å². The highest BCUT2D eigenvalue weighted by molar-refractivity contribution is 7.89. The second-order valence-electron chi connectivity index (χ2n) is 10.2. The SMILES string of the molecule is CC(C)[C@H]1C(=O)N(S(C)(=O)=O)C2=CCN(C(=O)c3ccc(CN4C(C)CCCC4C)cc3)[C@@H]21. The molecule has 3 aliphatic rings. The first-order valence-corrected chi connectivity index (χ1v) is 13.8. The van der Waals surface area contributed by atoms with E-state index in [2.05, 4.69) is 18.7 Å². The van der Waals surface area contributed by atoms with E-state index in [1.54, 1.807) is 11.0 Å². The summed E-state index contributed by atoms with van der Waals surface area (Å²) in [6.07, 6.45) is 6.45. The van der Waals surface area contributed by atoms with Crippen LogP contribution in [0.3, 0.4) is 0 Å². The number of hydrogen-bond acceptors (Lipinski definition) is 5. The van der Waals surface area contributed by atoms with Gasteiger partial charge in [-0.3, -0.25) is 14.5 Å². The first-order chi connectivity index (χ1) is 15.5. The lowest BCUT2D eigenvalue weighted by Crippen LogP contribution is -2.43. The smallest absolute Gasteiger partial charge is 0.254 e. The van der Waals surface area contributed by atoms with E-state index >= 15 is 0 Å². The largest absolute Gasteiger partial charge is 0.325 e. The summed E-state index contributed by atoms with van der Waals surface area (Å²) in [7, 11) is -3.74. The van der Waals surface area contributed by atoms with Crippen LogP contribution in [-0.2, 0) is 21.4 Å². The summed E-state index contributed by atoms with van der Waals surface area (Å²) in [4.78, 5) is 30.6. The van der Waals surface area contributed by atoms with Gasteiger partial charge in [0.25, 0.3) is 5.91 Å². The Kier molecular flexibility index (Phi) is 6.44. The van der Waals surface area contributed by atoms with Crippen LogP contribution in [0.25, 0.3) is 0 Å². The number of piperidine rings is 1. The van der Waals surface area contributed by atoms with Crippen molar-refractivity contribution in [3.63, 3.8) is 0 Å². The molecule has 1 aromatic carbocycles. The Labute approximate surface area is 197 Å². The average Bonchev–Trinajstić information content (AvgIpc) is 3.26. The van der Waals surface area contributed by atoms with Gasteiger partial charge in [0.2, 0.25) is 15.9 Å². The fourth-order valence-corrected chi connectivity index (χ4v) is 6.71. The molecule has 0 spiro atoms. The minimum absolute atomic E-state index is 0.0954. The van der Waals surface area contributed by atoms with Gasteiger partial charge in [0.15, 0.2) is 0 Å². The Bertz CT molecular complexity index is 1050. The molecule has 0 aliphatic carbocycles. The monoisotopic (exact) mass is 473 g/mol. The fraction of sp³-hybridized carbons (Fsp3) is 0.600. The van der Waals surface area contributed by atoms with E-state index in [-0.39, 0.29) is 11.8 Å². The van der Waals surface area contributed by atoms with Crippen molar-refractivity contribution < 1.29 is 18.0 Å². The summed E-state index contributed by atoms with van der Waals surface area (Å²) in [5, 5.41) is 0. The molecule has 7 nitrogen and oxygen atoms in total. The quantitative estimate of drug-likeness (QED) is 0.656. The van der Waals surface area contributed by atoms with Gasteiger partial charge in [0.1, 0.15) is 0 Å². The highest BCUT2D eigenvalue weighted by Gasteiger charge is 2.54. The van der Waals surface area contributed by atoms with Gasteiger partial charge < -0.3 is 4.90 Å². The standard InChI is InChI=1S/C25H35N3O4S/c1-16(2)22-23-21(28(25(22)30)33(5,31)32)13-14-26(23)24(29)20-11-9-19(10-12-20)15-27-17(3)7-6-8-18(27)4/h9-13,16-18,22-23H,6-8,14-15H2,1-5H3/t17?,18?,22-,23+/m1/s1. The molecule has 8 heteroatoms. The first kappa shape index (κ1) is 24.0. The summed E-state index contributed by atoms with van der Waals surface area (Å²) in [5.74, 6) is -1.28. The summed E-state index contributed by atoms with van der Waals surface area (Å²) in [6, 6.07) is 8.27. The number of fused-ring (bicyclic) bond motifs is 1. The number of rotatable bonds is 5. The van der Waals surface area contributed by atoms with E-state index in [9.17, 15) is 18.0 Å². The number of amides is 2. The number of carbonyl (C=O) groups is 2. The van der Waals surface area contributed by atoms with Crippen molar-refractivity contribution in [1.82, 2.24) is 14.1 Å². The van der Waals surface area contributed by atoms with Crippen molar-refractivity contribution in [2.45, 2.75) is 71.6 Å². The van der Waals surface area contributed by atoms with Crippen LogP contribution in [0, 0.1) is 11.8 Å². The van der Waals surface area contributed by atoms with Crippen molar-refractivity contribution in [2.75, 3.05) is 12.8 Å². The summed E-state index contributed by atoms with van der Waals surface area (Å²) in [5.41, 5.74) is 2.15. The second-order valence-corrected chi connectivity index (χ2v) is 12.0. The molecule has 33 heavy (non-hydrogen) atoms. The van der Waals surface area contributed by atoms with Gasteiger partial charge >= 0.3 is 0 Å². The van der Waals surface area contributed by atoms with Crippen molar-refractivity contribution in [2.24, 2.45) is 11.8 Å². The van der Waals surface area contributed by atoms with E-state index < -0.39 is 27.9 Å². The normalized spacial score (nSPS) is 28.4. The molecule has 2 fully saturated rings. The van der Waals surface area contributed by atoms with Crippen LogP contribution in [0.2, 0.25) is 0 Å². The summed E-state index contributed by atoms with van der Waals surface area (Å²) in [6.45, 7) is 9.50. The zero-order chi connectivity index (χ0) is 24.1. The summed E-state index contributed by atoms with van der Waals surface area (Å²) < 4.78 is 25.5. The molecule has 3 aliphatic heterocycles. The molecule has 3 heterocycles. The molecule has 0 N–H and O–H groups in total. The van der Waals surface area contributed by atoms with E-state index in [0.29, 0.717) is 29.9 Å². The molecule has 2 amide bonds. The molecule has 0 aromatic heterocycles. The van der Waals surface area contributed by atoms with Crippen molar-refractivity contribution in [3.05, 3.63) is 47.2 Å². The number of nitrogens with zero attached hydrogens (tertiary/aromatic N) is 3. The third-order valence-corrected chi connectivity index (χ3v) is 8.50. The third kappa shape index (κ3) is 4.35. The number of benzene rings is 1. The Morgan fingerprint density at radius 3 is 2.24 bits per heavy atom. The highest BCUT2D eigenvalue weighted by atomic mass is 32.2. The number of carbonyl (C=O) groups excluding carboxylic acids is 2. The van der Waals surface area contributed by atoms with Gasteiger partial charge in [-0.25, -0.2) is 12.7 Å². The van der Waals surface area contributed by atoms with Crippen molar-refractivity contribution >= 4 is 21.8 Å². The lowest BCUT2D eigenvalue weighted by atomic mass is 9.89. The van der Waals surface area contributed by atoms with E-state index in [4.69, 9.17) is 0 Å². The van der Waals surface area contributed by atoms with Crippen LogP contribution in [0.1, 0.15) is 62.9 Å². The lowest BCUT2D eigenvalue weighted by Gasteiger charge is -2.39. The van der Waals surface area contributed by atoms with Crippen molar-refractivity contribution in [1.29, 1.82) is 0 Å². The van der Waals surface area contributed by atoms with Crippen LogP contribution < -0.4 is 0 Å². The molecule has 180 valence electrons. The number of likely N-dealkylation sites (tertiary alicyclic amines) is 1. The minimum Gasteiger partial charge on any atom is -0.325 e. The van der Waals surface area contributed by atoms with Crippen molar-refractivity contribution in [3.8, 4) is 0 Å². The van der Waals surface area contributed by atoms with Crippen LogP contribution >= 0.6 is 0 Å². The zero-order valence-electron chi connectivity index (χ0n) is 20.2. The lowest BCUT2D eigenvalue weighted by molar-refractivity contribution is -0.128. The Morgan fingerprint density at radius 1 is 1.09 bits per heavy atom. The molecule has 0 radical (unpaired) electrons. The molecule has 0 saturated carbocycles. The molecular weight excluding hydrogens is 438 g/mol. The topological polar surface area (TPSA) is 78.0 Å². The van der Waals surface area contributed by atoms with Gasteiger partial charge in [-0.1, -0.05) is 32.4 Å². The van der Waals surface area contributed by atoms with Crippen LogP contribution in [0.15, 0.2) is 36.0 Å². The molecule has 2 unspecified atom stereocenters. The maximum absolute atomic E-state index is 13.4. The van der Waals surface area contributed by atoms with Gasteiger partial charge in [-0.05, 0) is 56.4 Å². The first-order valence-electron chi connectivity index (χ1n) is 11.9. The zero-order valence-corrected chi connectivity index (χ0v) is 21.0. The van der Waals surface area contributed by atoms with E-state index in [1.165, 1.54) is 24.8 Å². The molecule has 4 rings (SSSR count). The summed E-state index contributed by atoms with van der Waals surface area (Å²) >= 11 is 0. The van der Waals surface area contributed by atoms with E-state index in [1.807, 2.05) is 38.1 Å². The third-order valence-electron chi connectivity index (χ3n) is 7.45. The maximum Gasteiger partial charge on any atom is 0.254 e. The van der Waals surface area contributed by atoms with Gasteiger partial charge in [-0.2, -0.15) is 0 Å². The van der Waals surface area contributed by atoms with Crippen LogP contribution in [0.4, 0.5) is 0 Å². The number of sulfonamides is 1. The Morgan fingerprint density at radius 2 is 1.70 bits per heavy atom. The fourth-order valence-electron chi connectivity index (χ4n) is 5.69. The van der Waals surface area contributed by atoms with Crippen LogP contribution in [0.5, 0.6) is 0 Å². The predicted molar refractivity (Wildman–Crippen MR) is 128 cm³/mol. The van der Waals surface area contributed by atoms with Gasteiger partial charge in [-0.15, -0.1) is 0 Å². The maximum atomic E-state index is 13.4. The highest BCUT2D eigenvalue weighted by Crippen LogP contribution is 2.41. The molecule has 0 bridgehead atoms. The molecule has 1 aromatic rings. The average molecular weight is 474 g/mol. The predicted octanol–water partition coefficient (Wildman–Crippen LogP) is 3.23. The second kappa shape index (κ2) is 8.87. The molecular formula is C25H35N3O4S. The molecule has 2 saturated heterocycles. The number of hydrogen-bond donors (Lipinski definition) is 0. The Balaban J connectivity index is 1.53. The van der Waals surface area contributed by atoms with Crippen LogP contribution in [-0.4, -0.2) is 65.3 Å². The Hall–Kier alpha value is -2.19.